The highest BCUT2D eigenvalue weighted by Crippen LogP contribution is 2.33. The lowest BCUT2D eigenvalue weighted by Crippen LogP contribution is -2.34. The molecule has 0 unspecified atom stereocenters. The second kappa shape index (κ2) is 10.5. The predicted octanol–water partition coefficient (Wildman–Crippen LogP) is 3.33. The van der Waals surface area contributed by atoms with Crippen molar-refractivity contribution in [1.29, 1.82) is 0 Å². The molecule has 0 aromatic heterocycles. The van der Waals surface area contributed by atoms with E-state index in [1.165, 1.54) is 6.08 Å². The molecule has 2 saturated heterocycles. The Bertz CT molecular complexity index is 1020. The van der Waals surface area contributed by atoms with Crippen LogP contribution in [0.1, 0.15) is 11.1 Å². The molecule has 4 atom stereocenters. The zero-order valence-electron chi connectivity index (χ0n) is 18.5. The Hall–Kier alpha value is -3.42. The van der Waals surface area contributed by atoms with Crippen LogP contribution in [0.25, 0.3) is 12.2 Å². The van der Waals surface area contributed by atoms with Crippen molar-refractivity contribution in [3.63, 3.8) is 0 Å². The molecule has 2 fully saturated rings. The Morgan fingerprint density at radius 2 is 1.33 bits per heavy atom. The minimum Gasteiger partial charge on any atom is -0.497 e. The summed E-state index contributed by atoms with van der Waals surface area (Å²) in [6.07, 6.45) is 4.90. The fourth-order valence-electron chi connectivity index (χ4n) is 3.89. The number of fused-ring (bicyclic) bond motifs is 1. The molecule has 0 saturated carbocycles. The number of rotatable bonds is 8. The zero-order valence-corrected chi connectivity index (χ0v) is 18.5. The largest absolute Gasteiger partial charge is 0.497 e. The Labute approximate surface area is 192 Å². The van der Waals surface area contributed by atoms with Crippen molar-refractivity contribution in [1.82, 2.24) is 0 Å². The molecule has 2 aromatic rings. The lowest BCUT2D eigenvalue weighted by atomic mass is 9.96. The summed E-state index contributed by atoms with van der Waals surface area (Å²) >= 11 is 0. The van der Waals surface area contributed by atoms with Gasteiger partial charge in [-0.3, -0.25) is 4.79 Å². The molecule has 172 valence electrons. The van der Waals surface area contributed by atoms with Gasteiger partial charge < -0.3 is 23.7 Å². The van der Waals surface area contributed by atoms with Crippen molar-refractivity contribution < 1.29 is 33.3 Å². The zero-order chi connectivity index (χ0) is 23.2. The number of esters is 1. The summed E-state index contributed by atoms with van der Waals surface area (Å²) in [5, 5.41) is 0. The molecule has 2 aliphatic heterocycles. The summed E-state index contributed by atoms with van der Waals surface area (Å²) in [6, 6.07) is 14.7. The van der Waals surface area contributed by atoms with Crippen LogP contribution < -0.4 is 9.47 Å². The Morgan fingerprint density at radius 1 is 0.788 bits per heavy atom. The van der Waals surface area contributed by atoms with Gasteiger partial charge >= 0.3 is 5.97 Å². The second-order valence-electron chi connectivity index (χ2n) is 7.79. The van der Waals surface area contributed by atoms with Gasteiger partial charge in [0.25, 0.3) is 0 Å². The highest BCUT2D eigenvalue weighted by atomic mass is 16.6. The van der Waals surface area contributed by atoms with E-state index in [1.807, 2.05) is 48.5 Å². The minimum atomic E-state index is -0.550. The van der Waals surface area contributed by atoms with E-state index in [2.05, 4.69) is 0 Å². The molecule has 0 amide bonds. The highest BCUT2D eigenvalue weighted by Gasteiger charge is 2.51. The molecule has 2 heterocycles. The van der Waals surface area contributed by atoms with Gasteiger partial charge in [0.1, 0.15) is 17.6 Å². The molecule has 4 rings (SSSR count). The molecular formula is C26H26O7. The van der Waals surface area contributed by atoms with Gasteiger partial charge in [-0.2, -0.15) is 0 Å². The Balaban J connectivity index is 1.30. The number of hydrogen-bond donors (Lipinski definition) is 0. The SMILES string of the molecule is COc1ccc(/C=C/C(=O)O[C@@H]2CO[C@H]3[C@@H]2OC[C@@H]3C(=O)/C=C/c2ccc(OC)cc2)cc1. The Morgan fingerprint density at radius 3 is 1.91 bits per heavy atom. The monoisotopic (exact) mass is 450 g/mol. The van der Waals surface area contributed by atoms with E-state index in [-0.39, 0.29) is 19.0 Å². The third-order valence-corrected chi connectivity index (χ3v) is 5.72. The average molecular weight is 450 g/mol. The maximum Gasteiger partial charge on any atom is 0.331 e. The van der Waals surface area contributed by atoms with E-state index < -0.39 is 30.2 Å². The van der Waals surface area contributed by atoms with E-state index in [0.717, 1.165) is 22.6 Å². The third kappa shape index (κ3) is 5.50. The average Bonchev–Trinajstić information content (AvgIpc) is 3.45. The predicted molar refractivity (Wildman–Crippen MR) is 122 cm³/mol. The molecular weight excluding hydrogens is 424 g/mol. The van der Waals surface area contributed by atoms with Gasteiger partial charge in [0.2, 0.25) is 0 Å². The quantitative estimate of drug-likeness (QED) is 0.451. The van der Waals surface area contributed by atoms with Gasteiger partial charge in [-0.25, -0.2) is 4.79 Å². The number of benzene rings is 2. The van der Waals surface area contributed by atoms with Crippen LogP contribution in [0.2, 0.25) is 0 Å². The van der Waals surface area contributed by atoms with Crippen molar-refractivity contribution >= 4 is 23.9 Å². The van der Waals surface area contributed by atoms with Crippen molar-refractivity contribution in [2.24, 2.45) is 5.92 Å². The van der Waals surface area contributed by atoms with E-state index in [4.69, 9.17) is 23.7 Å². The summed E-state index contributed by atoms with van der Waals surface area (Å²) in [7, 11) is 3.20. The smallest absolute Gasteiger partial charge is 0.331 e. The van der Waals surface area contributed by atoms with E-state index in [9.17, 15) is 9.59 Å². The molecule has 0 bridgehead atoms. The molecule has 7 heteroatoms. The maximum atomic E-state index is 12.7. The molecule has 33 heavy (non-hydrogen) atoms. The first-order chi connectivity index (χ1) is 16.1. The van der Waals surface area contributed by atoms with E-state index in [1.54, 1.807) is 32.4 Å². The summed E-state index contributed by atoms with van der Waals surface area (Å²) in [4.78, 5) is 25.0. The number of ether oxygens (including phenoxy) is 5. The lowest BCUT2D eigenvalue weighted by molar-refractivity contribution is -0.147. The number of allylic oxidation sites excluding steroid dienone is 1. The molecule has 0 radical (unpaired) electrons. The molecule has 0 spiro atoms. The number of carbonyl (C=O) groups excluding carboxylic acids is 2. The van der Waals surface area contributed by atoms with E-state index in [0.29, 0.717) is 0 Å². The van der Waals surface area contributed by atoms with Crippen molar-refractivity contribution in [3.8, 4) is 11.5 Å². The molecule has 7 nitrogen and oxygen atoms in total. The second-order valence-corrected chi connectivity index (χ2v) is 7.79. The summed E-state index contributed by atoms with van der Waals surface area (Å²) in [5.74, 6) is 0.500. The van der Waals surface area contributed by atoms with Crippen molar-refractivity contribution in [2.45, 2.75) is 18.3 Å². The van der Waals surface area contributed by atoms with Crippen molar-refractivity contribution in [3.05, 3.63) is 71.8 Å². The van der Waals surface area contributed by atoms with Crippen LogP contribution in [0.15, 0.2) is 60.7 Å². The van der Waals surface area contributed by atoms with Crippen LogP contribution in [0.4, 0.5) is 0 Å². The van der Waals surface area contributed by atoms with Crippen LogP contribution in [0.5, 0.6) is 11.5 Å². The first-order valence-corrected chi connectivity index (χ1v) is 10.7. The lowest BCUT2D eigenvalue weighted by Gasteiger charge is -2.15. The van der Waals surface area contributed by atoms with E-state index >= 15 is 0 Å². The maximum absolute atomic E-state index is 12.7. The number of ketones is 1. The number of methoxy groups -OCH3 is 2. The standard InChI is InChI=1S/C26H26O7/c1-29-19-9-3-17(4-10-19)7-13-22(27)21-15-31-26-23(16-32-25(21)26)33-24(28)14-8-18-5-11-20(30-2)12-6-18/h3-14,21,23,25-26H,15-16H2,1-2H3/b13-7+,14-8+/t21-,23-,25-,26-/m1/s1. The van der Waals surface area contributed by atoms with Gasteiger partial charge in [-0.15, -0.1) is 0 Å². The van der Waals surface area contributed by atoms with Gasteiger partial charge in [0.05, 0.1) is 39.5 Å². The molecule has 0 aliphatic carbocycles. The molecule has 0 N–H and O–H groups in total. The normalized spacial score (nSPS) is 24.2. The molecule has 2 aromatic carbocycles. The first kappa shape index (κ1) is 22.8. The Kier molecular flexibility index (Phi) is 7.22. The fraction of sp³-hybridized carbons (Fsp3) is 0.308. The van der Waals surface area contributed by atoms with Crippen LogP contribution in [0, 0.1) is 5.92 Å². The molecule has 2 aliphatic rings. The summed E-state index contributed by atoms with van der Waals surface area (Å²) in [6.45, 7) is 0.431. The fourth-order valence-corrected chi connectivity index (χ4v) is 3.89. The van der Waals surface area contributed by atoms with Crippen LogP contribution in [0.3, 0.4) is 0 Å². The third-order valence-electron chi connectivity index (χ3n) is 5.72. The van der Waals surface area contributed by atoms with Crippen LogP contribution in [-0.2, 0) is 23.8 Å². The summed E-state index contributed by atoms with van der Waals surface area (Å²) < 4.78 is 27.4. The summed E-state index contributed by atoms with van der Waals surface area (Å²) in [5.41, 5.74) is 1.74. The number of hydrogen-bond acceptors (Lipinski definition) is 7. The van der Waals surface area contributed by atoms with Crippen molar-refractivity contribution in [2.75, 3.05) is 27.4 Å². The van der Waals surface area contributed by atoms with Crippen LogP contribution in [-0.4, -0.2) is 57.5 Å². The van der Waals surface area contributed by atoms with Gasteiger partial charge in [-0.1, -0.05) is 30.3 Å². The van der Waals surface area contributed by atoms with Gasteiger partial charge in [0, 0.05) is 6.08 Å². The highest BCUT2D eigenvalue weighted by molar-refractivity contribution is 5.96. The van der Waals surface area contributed by atoms with Crippen LogP contribution >= 0.6 is 0 Å². The minimum absolute atomic E-state index is 0.0790. The van der Waals surface area contributed by atoms with Gasteiger partial charge in [-0.05, 0) is 47.5 Å². The topological polar surface area (TPSA) is 80.3 Å². The number of carbonyl (C=O) groups is 2. The van der Waals surface area contributed by atoms with Gasteiger partial charge in [0.15, 0.2) is 11.9 Å². The first-order valence-electron chi connectivity index (χ1n) is 10.7.